The summed E-state index contributed by atoms with van der Waals surface area (Å²) < 4.78 is 31.7. The summed E-state index contributed by atoms with van der Waals surface area (Å²) in [6.07, 6.45) is 2.99. The Morgan fingerprint density at radius 3 is 2.36 bits per heavy atom. The molecule has 1 saturated carbocycles. The summed E-state index contributed by atoms with van der Waals surface area (Å²) in [6.45, 7) is 6.03. The maximum atomic E-state index is 14.3. The Labute approximate surface area is 307 Å². The van der Waals surface area contributed by atoms with E-state index in [0.717, 1.165) is 19.3 Å². The van der Waals surface area contributed by atoms with Gasteiger partial charge in [-0.25, -0.2) is 13.9 Å². The third-order valence-electron chi connectivity index (χ3n) is 9.36. The number of benzene rings is 1. The molecule has 1 aliphatic carbocycles. The fraction of sp³-hybridized carbons (Fsp3) is 0.583. The number of piperazine rings is 1. The number of carbonyl (C=O) groups excluding carboxylic acids is 6. The van der Waals surface area contributed by atoms with Crippen LogP contribution in [-0.4, -0.2) is 130 Å². The second-order valence-electron chi connectivity index (χ2n) is 13.5. The third-order valence-corrected chi connectivity index (χ3v) is 9.36. The molecule has 3 aliphatic rings. The van der Waals surface area contributed by atoms with Crippen LogP contribution in [0.25, 0.3) is 5.69 Å². The van der Waals surface area contributed by atoms with Crippen molar-refractivity contribution in [2.75, 3.05) is 45.9 Å². The molecule has 5 rings (SSSR count). The fourth-order valence-corrected chi connectivity index (χ4v) is 6.40. The predicted octanol–water partition coefficient (Wildman–Crippen LogP) is 2.18. The topological polar surface area (TPSA) is 182 Å². The van der Waals surface area contributed by atoms with Gasteiger partial charge >= 0.3 is 12.1 Å². The van der Waals surface area contributed by atoms with Gasteiger partial charge in [-0.05, 0) is 77.5 Å². The van der Waals surface area contributed by atoms with Crippen molar-refractivity contribution < 1.29 is 47.4 Å². The molecule has 3 fully saturated rings. The predicted molar refractivity (Wildman–Crippen MR) is 186 cm³/mol. The number of likely N-dealkylation sites (tertiary alicyclic amines) is 1. The molecule has 0 radical (unpaired) electrons. The van der Waals surface area contributed by atoms with Crippen LogP contribution in [0.4, 0.5) is 9.18 Å². The van der Waals surface area contributed by atoms with E-state index in [1.54, 1.807) is 20.8 Å². The first-order valence-electron chi connectivity index (χ1n) is 18.2. The molecular weight excluding hydrogens is 693 g/mol. The first-order chi connectivity index (χ1) is 25.4. The number of carbonyl (C=O) groups is 6. The lowest BCUT2D eigenvalue weighted by molar-refractivity contribution is -0.147. The number of rotatable bonds is 14. The van der Waals surface area contributed by atoms with Crippen LogP contribution in [0, 0.1) is 5.82 Å². The molecule has 2 aliphatic heterocycles. The number of nitrogens with zero attached hydrogens (tertiary/aromatic N) is 5. The van der Waals surface area contributed by atoms with E-state index in [-0.39, 0.29) is 80.9 Å². The summed E-state index contributed by atoms with van der Waals surface area (Å²) >= 11 is 0. The largest absolute Gasteiger partial charge is 0.467 e. The third kappa shape index (κ3) is 10.2. The van der Waals surface area contributed by atoms with Gasteiger partial charge in [0.05, 0.1) is 18.4 Å². The Hall–Kier alpha value is -5.22. The minimum atomic E-state index is -1.17. The zero-order valence-electron chi connectivity index (χ0n) is 30.4. The van der Waals surface area contributed by atoms with E-state index in [1.807, 2.05) is 0 Å². The van der Waals surface area contributed by atoms with E-state index in [1.165, 1.54) is 49.7 Å². The highest BCUT2D eigenvalue weighted by Gasteiger charge is 2.36. The van der Waals surface area contributed by atoms with Crippen molar-refractivity contribution in [1.29, 1.82) is 0 Å². The average molecular weight is 742 g/mol. The number of hydrogen-bond acceptors (Lipinski definition) is 10. The van der Waals surface area contributed by atoms with Gasteiger partial charge in [-0.1, -0.05) is 6.07 Å². The molecule has 288 valence electrons. The van der Waals surface area contributed by atoms with Crippen LogP contribution in [-0.2, 0) is 28.7 Å². The van der Waals surface area contributed by atoms with E-state index in [2.05, 4.69) is 15.7 Å². The minimum absolute atomic E-state index is 0.0535. The Morgan fingerprint density at radius 2 is 1.70 bits per heavy atom. The molecule has 1 aromatic carbocycles. The number of amides is 5. The standard InChI is InChI=1S/C36H48FN7O9/c1-4-51-36(50)42-18-16-41(17-19-42)35(49)27(13-14-32(46)53-23(2)3)39-33(47)28-21-31(44(40-28)26-11-5-8-24(37)20-26)52-22-30(45)43-15-7-12-29(43)34(48)38-25-9-6-10-25/h5,8,11,20-21,23,25,27,29H,4,6-7,9-10,12-19,22H2,1-3H3,(H,38,48)(H,39,47)/t27-,29-/m0/s1. The normalized spacial score (nSPS) is 17.9. The van der Waals surface area contributed by atoms with E-state index < -0.39 is 54.3 Å². The summed E-state index contributed by atoms with van der Waals surface area (Å²) in [4.78, 5) is 82.8. The maximum absolute atomic E-state index is 14.3. The Kier molecular flexibility index (Phi) is 13.3. The van der Waals surface area contributed by atoms with Crippen LogP contribution in [0.3, 0.4) is 0 Å². The first-order valence-corrected chi connectivity index (χ1v) is 18.2. The highest BCUT2D eigenvalue weighted by Crippen LogP contribution is 2.24. The Bertz CT molecular complexity index is 1650. The van der Waals surface area contributed by atoms with Crippen LogP contribution < -0.4 is 15.4 Å². The lowest BCUT2D eigenvalue weighted by Crippen LogP contribution is -2.56. The number of aromatic nitrogens is 2. The number of ether oxygens (including phenoxy) is 3. The van der Waals surface area contributed by atoms with E-state index in [0.29, 0.717) is 19.4 Å². The fourth-order valence-electron chi connectivity index (χ4n) is 6.40. The van der Waals surface area contributed by atoms with Gasteiger partial charge in [0, 0.05) is 51.3 Å². The zero-order valence-corrected chi connectivity index (χ0v) is 30.4. The highest BCUT2D eigenvalue weighted by atomic mass is 19.1. The highest BCUT2D eigenvalue weighted by molar-refractivity contribution is 5.96. The second kappa shape index (κ2) is 18.0. The van der Waals surface area contributed by atoms with Crippen molar-refractivity contribution in [2.45, 2.75) is 89.9 Å². The number of halogens is 1. The van der Waals surface area contributed by atoms with Crippen molar-refractivity contribution >= 4 is 35.7 Å². The van der Waals surface area contributed by atoms with Gasteiger partial charge in [-0.2, -0.15) is 5.10 Å². The van der Waals surface area contributed by atoms with Crippen LogP contribution in [0.5, 0.6) is 5.88 Å². The Morgan fingerprint density at radius 1 is 0.962 bits per heavy atom. The first kappa shape index (κ1) is 39.0. The molecule has 2 N–H and O–H groups in total. The van der Waals surface area contributed by atoms with Gasteiger partial charge in [0.1, 0.15) is 17.9 Å². The number of hydrogen-bond donors (Lipinski definition) is 2. The van der Waals surface area contributed by atoms with E-state index in [9.17, 15) is 33.2 Å². The van der Waals surface area contributed by atoms with Crippen molar-refractivity contribution in [1.82, 2.24) is 35.1 Å². The maximum Gasteiger partial charge on any atom is 0.409 e. The summed E-state index contributed by atoms with van der Waals surface area (Å²) in [5, 5.41) is 10.0. The van der Waals surface area contributed by atoms with Gasteiger partial charge in [-0.15, -0.1) is 0 Å². The molecule has 16 nitrogen and oxygen atoms in total. The van der Waals surface area contributed by atoms with Gasteiger partial charge in [0.15, 0.2) is 12.3 Å². The molecular formula is C36H48FN7O9. The molecule has 53 heavy (non-hydrogen) atoms. The van der Waals surface area contributed by atoms with E-state index in [4.69, 9.17) is 14.2 Å². The summed E-state index contributed by atoms with van der Waals surface area (Å²) in [7, 11) is 0. The van der Waals surface area contributed by atoms with Crippen molar-refractivity contribution in [3.63, 3.8) is 0 Å². The minimum Gasteiger partial charge on any atom is -0.467 e. The molecule has 0 unspecified atom stereocenters. The van der Waals surface area contributed by atoms with Crippen LogP contribution >= 0.6 is 0 Å². The SMILES string of the molecule is CCOC(=O)N1CCN(C(=O)[C@H](CCC(=O)OC(C)C)NC(=O)c2cc(OCC(=O)N3CCC[C@H]3C(=O)NC3CCC3)n(-c3cccc(F)c3)n2)CC1. The van der Waals surface area contributed by atoms with Crippen molar-refractivity contribution in [3.8, 4) is 11.6 Å². The van der Waals surface area contributed by atoms with E-state index >= 15 is 0 Å². The monoisotopic (exact) mass is 741 g/mol. The van der Waals surface area contributed by atoms with Crippen molar-refractivity contribution in [2.24, 2.45) is 0 Å². The van der Waals surface area contributed by atoms with Crippen molar-refractivity contribution in [3.05, 3.63) is 41.8 Å². The molecule has 0 spiro atoms. The van der Waals surface area contributed by atoms with Gasteiger partial charge < -0.3 is 39.5 Å². The molecule has 2 atom stereocenters. The number of nitrogens with one attached hydrogen (secondary N) is 2. The van der Waals surface area contributed by atoms with Gasteiger partial charge in [0.2, 0.25) is 17.7 Å². The summed E-state index contributed by atoms with van der Waals surface area (Å²) in [5.74, 6) is -3.05. The molecule has 1 aromatic heterocycles. The second-order valence-corrected chi connectivity index (χ2v) is 13.5. The molecule has 2 aromatic rings. The smallest absolute Gasteiger partial charge is 0.409 e. The molecule has 3 heterocycles. The average Bonchev–Trinajstić information content (AvgIpc) is 3.78. The summed E-state index contributed by atoms with van der Waals surface area (Å²) in [5.41, 5.74) is -0.000671. The van der Waals surface area contributed by atoms with Gasteiger partial charge in [0.25, 0.3) is 11.8 Å². The molecule has 2 saturated heterocycles. The molecule has 0 bridgehead atoms. The van der Waals surface area contributed by atoms with Crippen LogP contribution in [0.1, 0.15) is 76.2 Å². The Balaban J connectivity index is 1.31. The molecule has 17 heteroatoms. The van der Waals surface area contributed by atoms with Crippen LogP contribution in [0.15, 0.2) is 30.3 Å². The van der Waals surface area contributed by atoms with Gasteiger partial charge in [-0.3, -0.25) is 24.0 Å². The van der Waals surface area contributed by atoms with Crippen LogP contribution in [0.2, 0.25) is 0 Å². The zero-order chi connectivity index (χ0) is 38.1. The lowest BCUT2D eigenvalue weighted by atomic mass is 9.93. The lowest BCUT2D eigenvalue weighted by Gasteiger charge is -2.35. The molecule has 5 amide bonds. The number of esters is 1. The quantitative estimate of drug-likeness (QED) is 0.273. The summed E-state index contributed by atoms with van der Waals surface area (Å²) in [6, 6.07) is 5.02.